The maximum absolute atomic E-state index is 6.32. The van der Waals surface area contributed by atoms with E-state index >= 15 is 0 Å². The molecule has 0 saturated carbocycles. The van der Waals surface area contributed by atoms with Gasteiger partial charge in [0, 0.05) is 37.8 Å². The molecule has 16 heavy (non-hydrogen) atoms. The molecule has 0 amide bonds. The van der Waals surface area contributed by atoms with Gasteiger partial charge in [-0.15, -0.1) is 0 Å². The van der Waals surface area contributed by atoms with Gasteiger partial charge in [0.1, 0.15) is 0 Å². The SMILES string of the molecule is CCCC(C)(N)CN1CCN(C)C(CC)C1. The first-order chi connectivity index (χ1) is 7.48. The van der Waals surface area contributed by atoms with Gasteiger partial charge < -0.3 is 10.6 Å². The van der Waals surface area contributed by atoms with Crippen LogP contribution in [-0.2, 0) is 0 Å². The minimum Gasteiger partial charge on any atom is -0.324 e. The van der Waals surface area contributed by atoms with Crippen LogP contribution in [0.1, 0.15) is 40.0 Å². The van der Waals surface area contributed by atoms with Crippen molar-refractivity contribution < 1.29 is 0 Å². The molecule has 0 aromatic rings. The van der Waals surface area contributed by atoms with Gasteiger partial charge >= 0.3 is 0 Å². The quantitative estimate of drug-likeness (QED) is 0.773. The Kier molecular flexibility index (Phi) is 5.22. The highest BCUT2D eigenvalue weighted by molar-refractivity contribution is 4.87. The van der Waals surface area contributed by atoms with Crippen molar-refractivity contribution in [1.29, 1.82) is 0 Å². The second-order valence-corrected chi connectivity index (χ2v) is 5.68. The minimum atomic E-state index is -0.0110. The van der Waals surface area contributed by atoms with Crippen LogP contribution in [-0.4, -0.2) is 54.6 Å². The first-order valence-corrected chi connectivity index (χ1v) is 6.70. The second-order valence-electron chi connectivity index (χ2n) is 5.68. The van der Waals surface area contributed by atoms with Gasteiger partial charge in [0.25, 0.3) is 0 Å². The molecule has 0 radical (unpaired) electrons. The lowest BCUT2D eigenvalue weighted by molar-refractivity contribution is 0.0769. The third-order valence-electron chi connectivity index (χ3n) is 3.74. The van der Waals surface area contributed by atoms with Crippen LogP contribution < -0.4 is 5.73 Å². The molecule has 3 heteroatoms. The Morgan fingerprint density at radius 3 is 2.56 bits per heavy atom. The maximum Gasteiger partial charge on any atom is 0.0254 e. The fourth-order valence-corrected chi connectivity index (χ4v) is 2.76. The number of nitrogens with two attached hydrogens (primary N) is 1. The van der Waals surface area contributed by atoms with Crippen molar-refractivity contribution in [1.82, 2.24) is 9.80 Å². The molecule has 3 nitrogen and oxygen atoms in total. The molecule has 0 spiro atoms. The highest BCUT2D eigenvalue weighted by Crippen LogP contribution is 2.15. The van der Waals surface area contributed by atoms with Crippen LogP contribution >= 0.6 is 0 Å². The second kappa shape index (κ2) is 5.99. The average Bonchev–Trinajstić information content (AvgIpc) is 2.20. The lowest BCUT2D eigenvalue weighted by Crippen LogP contribution is -2.56. The number of piperazine rings is 1. The van der Waals surface area contributed by atoms with E-state index in [1.807, 2.05) is 0 Å². The minimum absolute atomic E-state index is 0.0110. The zero-order valence-corrected chi connectivity index (χ0v) is 11.5. The van der Waals surface area contributed by atoms with E-state index in [4.69, 9.17) is 5.73 Å². The van der Waals surface area contributed by atoms with Gasteiger partial charge in [-0.1, -0.05) is 20.3 Å². The molecule has 1 rings (SSSR count). The van der Waals surface area contributed by atoms with Crippen LogP contribution in [0, 0.1) is 0 Å². The average molecular weight is 227 g/mol. The van der Waals surface area contributed by atoms with Gasteiger partial charge in [-0.25, -0.2) is 0 Å². The molecule has 0 bridgehead atoms. The molecule has 2 atom stereocenters. The van der Waals surface area contributed by atoms with Crippen molar-refractivity contribution in [2.24, 2.45) is 5.73 Å². The van der Waals surface area contributed by atoms with Crippen LogP contribution in [0.25, 0.3) is 0 Å². The lowest BCUT2D eigenvalue weighted by atomic mass is 9.96. The molecule has 0 aromatic heterocycles. The fraction of sp³-hybridized carbons (Fsp3) is 1.00. The molecule has 1 aliphatic heterocycles. The molecule has 96 valence electrons. The van der Waals surface area contributed by atoms with Crippen molar-refractivity contribution in [2.45, 2.75) is 51.6 Å². The highest BCUT2D eigenvalue weighted by Gasteiger charge is 2.27. The van der Waals surface area contributed by atoms with E-state index in [9.17, 15) is 0 Å². The van der Waals surface area contributed by atoms with E-state index in [0.717, 1.165) is 13.0 Å². The maximum atomic E-state index is 6.32. The Hall–Kier alpha value is -0.120. The van der Waals surface area contributed by atoms with Crippen LogP contribution in [0.2, 0.25) is 0 Å². The zero-order valence-electron chi connectivity index (χ0n) is 11.5. The summed E-state index contributed by atoms with van der Waals surface area (Å²) >= 11 is 0. The lowest BCUT2D eigenvalue weighted by Gasteiger charge is -2.42. The third-order valence-corrected chi connectivity index (χ3v) is 3.74. The molecule has 2 N–H and O–H groups in total. The predicted octanol–water partition coefficient (Wildman–Crippen LogP) is 1.53. The highest BCUT2D eigenvalue weighted by atomic mass is 15.3. The van der Waals surface area contributed by atoms with E-state index < -0.39 is 0 Å². The summed E-state index contributed by atoms with van der Waals surface area (Å²) in [7, 11) is 2.24. The van der Waals surface area contributed by atoms with E-state index in [1.54, 1.807) is 0 Å². The smallest absolute Gasteiger partial charge is 0.0254 e. The molecular weight excluding hydrogens is 198 g/mol. The molecule has 0 aromatic carbocycles. The van der Waals surface area contributed by atoms with Crippen molar-refractivity contribution in [3.63, 3.8) is 0 Å². The van der Waals surface area contributed by atoms with Crippen molar-refractivity contribution in [3.05, 3.63) is 0 Å². The summed E-state index contributed by atoms with van der Waals surface area (Å²) in [6.45, 7) is 11.3. The summed E-state index contributed by atoms with van der Waals surface area (Å²) in [6.07, 6.45) is 3.54. The van der Waals surface area contributed by atoms with Gasteiger partial charge in [-0.05, 0) is 26.8 Å². The normalized spacial score (nSPS) is 27.9. The predicted molar refractivity (Wildman–Crippen MR) is 70.6 cm³/mol. The van der Waals surface area contributed by atoms with Crippen LogP contribution in [0.15, 0.2) is 0 Å². The molecule has 0 aliphatic carbocycles. The Morgan fingerprint density at radius 2 is 2.00 bits per heavy atom. The monoisotopic (exact) mass is 227 g/mol. The van der Waals surface area contributed by atoms with E-state index in [2.05, 4.69) is 37.6 Å². The van der Waals surface area contributed by atoms with Crippen molar-refractivity contribution in [2.75, 3.05) is 33.2 Å². The van der Waals surface area contributed by atoms with Crippen LogP contribution in [0.5, 0.6) is 0 Å². The number of nitrogens with zero attached hydrogens (tertiary/aromatic N) is 2. The van der Waals surface area contributed by atoms with Gasteiger partial charge in [-0.3, -0.25) is 4.90 Å². The summed E-state index contributed by atoms with van der Waals surface area (Å²) in [6, 6.07) is 0.714. The van der Waals surface area contributed by atoms with Gasteiger partial charge in [-0.2, -0.15) is 0 Å². The van der Waals surface area contributed by atoms with E-state index in [0.29, 0.717) is 6.04 Å². The number of likely N-dealkylation sites (N-methyl/N-ethyl adjacent to an activating group) is 1. The van der Waals surface area contributed by atoms with Gasteiger partial charge in [0.2, 0.25) is 0 Å². The van der Waals surface area contributed by atoms with Gasteiger partial charge in [0.15, 0.2) is 0 Å². The summed E-state index contributed by atoms with van der Waals surface area (Å²) < 4.78 is 0. The summed E-state index contributed by atoms with van der Waals surface area (Å²) in [5.74, 6) is 0. The third kappa shape index (κ3) is 4.04. The molecule has 1 fully saturated rings. The number of hydrogen-bond donors (Lipinski definition) is 1. The summed E-state index contributed by atoms with van der Waals surface area (Å²) in [5, 5.41) is 0. The Labute approximate surface area is 101 Å². The summed E-state index contributed by atoms with van der Waals surface area (Å²) in [4.78, 5) is 5.02. The largest absolute Gasteiger partial charge is 0.324 e. The Morgan fingerprint density at radius 1 is 1.31 bits per heavy atom. The van der Waals surface area contributed by atoms with Gasteiger partial charge in [0.05, 0.1) is 0 Å². The first-order valence-electron chi connectivity index (χ1n) is 6.70. The number of rotatable bonds is 5. The standard InChI is InChI=1S/C13H29N3/c1-5-7-13(3,14)11-16-9-8-15(4)12(6-2)10-16/h12H,5-11,14H2,1-4H3. The van der Waals surface area contributed by atoms with Crippen molar-refractivity contribution >= 4 is 0 Å². The first kappa shape index (κ1) is 13.9. The molecule has 1 heterocycles. The van der Waals surface area contributed by atoms with E-state index in [-0.39, 0.29) is 5.54 Å². The van der Waals surface area contributed by atoms with E-state index in [1.165, 1.54) is 32.5 Å². The fourth-order valence-electron chi connectivity index (χ4n) is 2.76. The van der Waals surface area contributed by atoms with Crippen LogP contribution in [0.4, 0.5) is 0 Å². The molecule has 1 saturated heterocycles. The van der Waals surface area contributed by atoms with Crippen molar-refractivity contribution in [3.8, 4) is 0 Å². The Balaban J connectivity index is 2.43. The topological polar surface area (TPSA) is 32.5 Å². The molecule has 2 unspecified atom stereocenters. The summed E-state index contributed by atoms with van der Waals surface area (Å²) in [5.41, 5.74) is 6.31. The molecular formula is C13H29N3. The number of hydrogen-bond acceptors (Lipinski definition) is 3. The Bertz CT molecular complexity index is 203. The molecule has 1 aliphatic rings. The zero-order chi connectivity index (χ0) is 12.2. The van der Waals surface area contributed by atoms with Crippen LogP contribution in [0.3, 0.4) is 0 Å².